The number of hydrogen-bond donors (Lipinski definition) is 2. The van der Waals surface area contributed by atoms with Crippen molar-refractivity contribution in [3.05, 3.63) is 58.1 Å². The highest BCUT2D eigenvalue weighted by atomic mass is 16.6. The number of non-ortho nitro benzene ring substituents is 1. The Hall–Kier alpha value is -2.40. The van der Waals surface area contributed by atoms with E-state index in [-0.39, 0.29) is 12.3 Å². The van der Waals surface area contributed by atoms with E-state index in [1.165, 1.54) is 12.1 Å². The molecule has 0 aliphatic carbocycles. The van der Waals surface area contributed by atoms with Crippen molar-refractivity contribution in [1.82, 2.24) is 0 Å². The smallest absolute Gasteiger partial charge is 0.270 e. The molecule has 0 unspecified atom stereocenters. The van der Waals surface area contributed by atoms with E-state index in [1.807, 2.05) is 12.1 Å². The van der Waals surface area contributed by atoms with Gasteiger partial charge < -0.3 is 10.8 Å². The first kappa shape index (κ1) is 13.0. The summed E-state index contributed by atoms with van der Waals surface area (Å²) in [6.45, 7) is 0.0165. The molecule has 5 heteroatoms. The Morgan fingerprint density at radius 3 is 2.58 bits per heavy atom. The quantitative estimate of drug-likeness (QED) is 0.500. The summed E-state index contributed by atoms with van der Waals surface area (Å²) in [5.74, 6) is 0. The van der Waals surface area contributed by atoms with Gasteiger partial charge in [0.2, 0.25) is 0 Å². The SMILES string of the molecule is Nc1ccc(-c2cccc([N+](=O)[O-])c2)cc1CCO. The van der Waals surface area contributed by atoms with Crippen LogP contribution in [0.15, 0.2) is 42.5 Å². The minimum atomic E-state index is -0.421. The minimum Gasteiger partial charge on any atom is -0.399 e. The number of nitrogens with two attached hydrogens (primary N) is 1. The van der Waals surface area contributed by atoms with Gasteiger partial charge in [0, 0.05) is 24.4 Å². The zero-order chi connectivity index (χ0) is 13.8. The van der Waals surface area contributed by atoms with Gasteiger partial charge in [-0.3, -0.25) is 10.1 Å². The molecule has 0 saturated heterocycles. The second kappa shape index (κ2) is 5.49. The summed E-state index contributed by atoms with van der Waals surface area (Å²) in [5.41, 5.74) is 8.93. The monoisotopic (exact) mass is 258 g/mol. The van der Waals surface area contributed by atoms with Gasteiger partial charge in [-0.25, -0.2) is 0 Å². The molecule has 2 aromatic rings. The molecule has 98 valence electrons. The number of nitro groups is 1. The third-order valence-electron chi connectivity index (χ3n) is 2.91. The lowest BCUT2D eigenvalue weighted by atomic mass is 10.00. The summed E-state index contributed by atoms with van der Waals surface area (Å²) in [6, 6.07) is 11.8. The van der Waals surface area contributed by atoms with Crippen molar-refractivity contribution >= 4 is 11.4 Å². The summed E-state index contributed by atoms with van der Waals surface area (Å²) in [7, 11) is 0. The van der Waals surface area contributed by atoms with Gasteiger partial charge in [0.05, 0.1) is 4.92 Å². The lowest BCUT2D eigenvalue weighted by Crippen LogP contribution is -1.98. The van der Waals surface area contributed by atoms with Crippen LogP contribution in [0.2, 0.25) is 0 Å². The number of benzene rings is 2. The summed E-state index contributed by atoms with van der Waals surface area (Å²) in [4.78, 5) is 10.3. The summed E-state index contributed by atoms with van der Waals surface area (Å²) < 4.78 is 0. The van der Waals surface area contributed by atoms with Crippen LogP contribution in [-0.4, -0.2) is 16.6 Å². The molecule has 0 fully saturated rings. The fourth-order valence-corrected chi connectivity index (χ4v) is 1.92. The number of nitrogens with zero attached hydrogens (tertiary/aromatic N) is 1. The molecule has 0 atom stereocenters. The van der Waals surface area contributed by atoms with Crippen molar-refractivity contribution in [3.63, 3.8) is 0 Å². The molecule has 0 aliphatic rings. The van der Waals surface area contributed by atoms with Crippen molar-refractivity contribution < 1.29 is 10.0 Å². The van der Waals surface area contributed by atoms with Crippen LogP contribution in [0.25, 0.3) is 11.1 Å². The highest BCUT2D eigenvalue weighted by molar-refractivity contribution is 5.69. The maximum Gasteiger partial charge on any atom is 0.270 e. The Kier molecular flexibility index (Phi) is 3.77. The number of aliphatic hydroxyl groups excluding tert-OH is 1. The summed E-state index contributed by atoms with van der Waals surface area (Å²) >= 11 is 0. The van der Waals surface area contributed by atoms with Crippen LogP contribution in [-0.2, 0) is 6.42 Å². The molecule has 5 nitrogen and oxygen atoms in total. The average Bonchev–Trinajstić information content (AvgIpc) is 2.41. The molecular formula is C14H14N2O3. The molecule has 0 saturated carbocycles. The van der Waals surface area contributed by atoms with E-state index in [1.54, 1.807) is 18.2 Å². The normalized spacial score (nSPS) is 10.4. The predicted octanol–water partition coefficient (Wildman–Crippen LogP) is 2.38. The van der Waals surface area contributed by atoms with Crippen LogP contribution in [0.4, 0.5) is 11.4 Å². The van der Waals surface area contributed by atoms with Gasteiger partial charge in [-0.15, -0.1) is 0 Å². The van der Waals surface area contributed by atoms with Gasteiger partial charge in [-0.1, -0.05) is 18.2 Å². The van der Waals surface area contributed by atoms with Crippen LogP contribution in [0.3, 0.4) is 0 Å². The van der Waals surface area contributed by atoms with Gasteiger partial charge >= 0.3 is 0 Å². The molecule has 0 radical (unpaired) electrons. The molecule has 0 aliphatic heterocycles. The second-order valence-electron chi connectivity index (χ2n) is 4.19. The molecule has 0 aromatic heterocycles. The molecule has 0 amide bonds. The third kappa shape index (κ3) is 2.89. The van der Waals surface area contributed by atoms with Crippen LogP contribution < -0.4 is 5.73 Å². The van der Waals surface area contributed by atoms with Gasteiger partial charge in [0.25, 0.3) is 5.69 Å². The zero-order valence-corrected chi connectivity index (χ0v) is 10.2. The van der Waals surface area contributed by atoms with E-state index >= 15 is 0 Å². The van der Waals surface area contributed by atoms with Crippen LogP contribution >= 0.6 is 0 Å². The summed E-state index contributed by atoms with van der Waals surface area (Å²) in [6.07, 6.45) is 0.467. The lowest BCUT2D eigenvalue weighted by Gasteiger charge is -2.08. The molecular weight excluding hydrogens is 244 g/mol. The van der Waals surface area contributed by atoms with Gasteiger partial charge in [0.15, 0.2) is 0 Å². The standard InChI is InChI=1S/C14H14N2O3/c15-14-5-4-11(8-12(14)6-7-17)10-2-1-3-13(9-10)16(18)19/h1-5,8-9,17H,6-7,15H2. The molecule has 19 heavy (non-hydrogen) atoms. The first-order valence-electron chi connectivity index (χ1n) is 5.86. The van der Waals surface area contributed by atoms with E-state index in [0.717, 1.165) is 16.7 Å². The molecule has 0 spiro atoms. The number of aliphatic hydroxyl groups is 1. The van der Waals surface area contributed by atoms with Crippen molar-refractivity contribution in [1.29, 1.82) is 0 Å². The number of nitro benzene ring substituents is 1. The molecule has 0 bridgehead atoms. The molecule has 0 heterocycles. The van der Waals surface area contributed by atoms with Gasteiger partial charge in [-0.05, 0) is 35.2 Å². The van der Waals surface area contributed by atoms with Crippen LogP contribution in [0.1, 0.15) is 5.56 Å². The van der Waals surface area contributed by atoms with Crippen LogP contribution in [0.5, 0.6) is 0 Å². The predicted molar refractivity (Wildman–Crippen MR) is 73.7 cm³/mol. The Labute approximate surface area is 110 Å². The zero-order valence-electron chi connectivity index (χ0n) is 10.2. The largest absolute Gasteiger partial charge is 0.399 e. The van der Waals surface area contributed by atoms with Crippen molar-refractivity contribution in [3.8, 4) is 11.1 Å². The highest BCUT2D eigenvalue weighted by Crippen LogP contribution is 2.26. The van der Waals surface area contributed by atoms with E-state index in [4.69, 9.17) is 10.8 Å². The Balaban J connectivity index is 2.44. The number of rotatable bonds is 4. The number of anilines is 1. The van der Waals surface area contributed by atoms with Crippen molar-refractivity contribution in [2.24, 2.45) is 0 Å². The summed E-state index contributed by atoms with van der Waals surface area (Å²) in [5, 5.41) is 19.7. The third-order valence-corrected chi connectivity index (χ3v) is 2.91. The maximum absolute atomic E-state index is 10.8. The molecule has 2 aromatic carbocycles. The maximum atomic E-state index is 10.8. The van der Waals surface area contributed by atoms with Crippen molar-refractivity contribution in [2.75, 3.05) is 12.3 Å². The van der Waals surface area contributed by atoms with Crippen LogP contribution in [0, 0.1) is 10.1 Å². The number of nitrogen functional groups attached to an aromatic ring is 1. The fourth-order valence-electron chi connectivity index (χ4n) is 1.92. The average molecular weight is 258 g/mol. The van der Waals surface area contributed by atoms with E-state index < -0.39 is 4.92 Å². The Morgan fingerprint density at radius 1 is 1.16 bits per heavy atom. The molecule has 2 rings (SSSR count). The molecule has 3 N–H and O–H groups in total. The van der Waals surface area contributed by atoms with E-state index in [0.29, 0.717) is 12.1 Å². The lowest BCUT2D eigenvalue weighted by molar-refractivity contribution is -0.384. The van der Waals surface area contributed by atoms with E-state index in [9.17, 15) is 10.1 Å². The first-order valence-corrected chi connectivity index (χ1v) is 5.86. The minimum absolute atomic E-state index is 0.0165. The Morgan fingerprint density at radius 2 is 1.89 bits per heavy atom. The fraction of sp³-hybridized carbons (Fsp3) is 0.143. The number of hydrogen-bond acceptors (Lipinski definition) is 4. The second-order valence-corrected chi connectivity index (χ2v) is 4.19. The highest BCUT2D eigenvalue weighted by Gasteiger charge is 2.08. The van der Waals surface area contributed by atoms with E-state index in [2.05, 4.69) is 0 Å². The van der Waals surface area contributed by atoms with Gasteiger partial charge in [-0.2, -0.15) is 0 Å². The van der Waals surface area contributed by atoms with Gasteiger partial charge in [0.1, 0.15) is 0 Å². The first-order chi connectivity index (χ1) is 9.11. The topological polar surface area (TPSA) is 89.4 Å². The van der Waals surface area contributed by atoms with Crippen molar-refractivity contribution in [2.45, 2.75) is 6.42 Å². The Bertz CT molecular complexity index is 611.